The van der Waals surface area contributed by atoms with Gasteiger partial charge in [0.1, 0.15) is 6.61 Å². The van der Waals surface area contributed by atoms with E-state index in [2.05, 4.69) is 50.8 Å². The number of esters is 1. The van der Waals surface area contributed by atoms with Gasteiger partial charge in [-0.25, -0.2) is 4.79 Å². The average Bonchev–Trinajstić information content (AvgIpc) is 3.58. The van der Waals surface area contributed by atoms with Gasteiger partial charge < -0.3 is 9.84 Å². The topological polar surface area (TPSA) is 63.6 Å². The summed E-state index contributed by atoms with van der Waals surface area (Å²) in [4.78, 5) is 25.0. The molecule has 4 rings (SSSR count). The predicted octanol–water partition coefficient (Wildman–Crippen LogP) is 5.63. The number of hydrogen-bond acceptors (Lipinski definition) is 4. The van der Waals surface area contributed by atoms with Gasteiger partial charge in [-0.2, -0.15) is 0 Å². The first-order valence-electron chi connectivity index (χ1n) is 12.0. The second-order valence-corrected chi connectivity index (χ2v) is 9.61. The van der Waals surface area contributed by atoms with Crippen molar-refractivity contribution in [1.29, 1.82) is 0 Å². The molecule has 174 valence electrons. The summed E-state index contributed by atoms with van der Waals surface area (Å²) in [5, 5.41) is 10.7. The number of allylic oxidation sites excluding steroid dienone is 11. The highest BCUT2D eigenvalue weighted by Crippen LogP contribution is 2.64. The highest BCUT2D eigenvalue weighted by molar-refractivity contribution is 6.01. The minimum absolute atomic E-state index is 0.0749. The predicted molar refractivity (Wildman–Crippen MR) is 130 cm³/mol. The molecule has 33 heavy (non-hydrogen) atoms. The standard InChI is InChI=1S/C29H34O4/c1-6-20-11-13-25-21(10-12-22-16-28(22,25)7-2)15-23(20)18(4)9-14-26(30)24-17-33-27(31)29(32,8-3)19(24)5/h7,9-10,12-13,15,22,32H,2,6,8,11,14,16-17H2,1,3-5H3/b18-9+. The van der Waals surface area contributed by atoms with Crippen molar-refractivity contribution in [1.82, 2.24) is 0 Å². The molecule has 4 nitrogen and oxygen atoms in total. The van der Waals surface area contributed by atoms with Crippen molar-refractivity contribution in [3.05, 3.63) is 82.0 Å². The maximum atomic E-state index is 13.0. The fourth-order valence-corrected chi connectivity index (χ4v) is 5.48. The van der Waals surface area contributed by atoms with Crippen LogP contribution in [0.5, 0.6) is 0 Å². The van der Waals surface area contributed by atoms with Gasteiger partial charge in [0, 0.05) is 17.4 Å². The van der Waals surface area contributed by atoms with Crippen LogP contribution in [0.4, 0.5) is 0 Å². The Bertz CT molecular complexity index is 1110. The number of fused-ring (bicyclic) bond motifs is 3. The van der Waals surface area contributed by atoms with E-state index in [9.17, 15) is 14.7 Å². The maximum Gasteiger partial charge on any atom is 0.342 e. The van der Waals surface area contributed by atoms with E-state index in [1.807, 2.05) is 6.08 Å². The van der Waals surface area contributed by atoms with E-state index in [4.69, 9.17) is 4.74 Å². The van der Waals surface area contributed by atoms with Gasteiger partial charge in [-0.3, -0.25) is 4.79 Å². The van der Waals surface area contributed by atoms with E-state index >= 15 is 0 Å². The maximum absolute atomic E-state index is 13.0. The smallest absolute Gasteiger partial charge is 0.342 e. The Morgan fingerprint density at radius 3 is 2.79 bits per heavy atom. The Morgan fingerprint density at radius 1 is 1.36 bits per heavy atom. The Hall–Kier alpha value is -2.72. The number of ether oxygens (including phenoxy) is 1. The molecule has 0 aromatic carbocycles. The van der Waals surface area contributed by atoms with Crippen molar-refractivity contribution in [2.75, 3.05) is 6.61 Å². The fraction of sp³-hybridized carbons (Fsp3) is 0.448. The van der Waals surface area contributed by atoms with Crippen molar-refractivity contribution in [3.8, 4) is 0 Å². The zero-order valence-corrected chi connectivity index (χ0v) is 20.2. The van der Waals surface area contributed by atoms with Crippen LogP contribution in [0.1, 0.15) is 59.8 Å². The Balaban J connectivity index is 1.60. The molecular weight excluding hydrogens is 412 g/mol. The lowest BCUT2D eigenvalue weighted by atomic mass is 9.82. The highest BCUT2D eigenvalue weighted by atomic mass is 16.6. The van der Waals surface area contributed by atoms with Gasteiger partial charge in [0.15, 0.2) is 11.4 Å². The number of Topliss-reactive ketones (excluding diaryl/α,β-unsaturated/α-hetero) is 1. The first-order valence-corrected chi connectivity index (χ1v) is 12.0. The van der Waals surface area contributed by atoms with Crippen molar-refractivity contribution in [3.63, 3.8) is 0 Å². The van der Waals surface area contributed by atoms with Gasteiger partial charge in [-0.15, -0.1) is 6.58 Å². The summed E-state index contributed by atoms with van der Waals surface area (Å²) in [5.41, 5.74) is 5.46. The normalized spacial score (nSPS) is 31.2. The van der Waals surface area contributed by atoms with Crippen LogP contribution in [0.2, 0.25) is 0 Å². The molecule has 0 aromatic heterocycles. The molecule has 3 unspecified atom stereocenters. The molecule has 1 heterocycles. The molecule has 4 heteroatoms. The van der Waals surface area contributed by atoms with E-state index in [1.54, 1.807) is 13.8 Å². The summed E-state index contributed by atoms with van der Waals surface area (Å²) in [6.45, 7) is 11.6. The first kappa shape index (κ1) is 23.4. The van der Waals surface area contributed by atoms with Crippen molar-refractivity contribution < 1.29 is 19.4 Å². The molecule has 0 radical (unpaired) electrons. The van der Waals surface area contributed by atoms with E-state index in [0.29, 0.717) is 17.1 Å². The van der Waals surface area contributed by atoms with E-state index in [1.165, 1.54) is 22.3 Å². The van der Waals surface area contributed by atoms with Crippen LogP contribution in [0.15, 0.2) is 82.0 Å². The molecule has 4 aliphatic rings. The monoisotopic (exact) mass is 446 g/mol. The van der Waals surface area contributed by atoms with E-state index in [0.717, 1.165) is 24.8 Å². The van der Waals surface area contributed by atoms with Crippen LogP contribution >= 0.6 is 0 Å². The summed E-state index contributed by atoms with van der Waals surface area (Å²) in [6.07, 6.45) is 16.6. The summed E-state index contributed by atoms with van der Waals surface area (Å²) in [7, 11) is 0. The Morgan fingerprint density at radius 2 is 2.12 bits per heavy atom. The molecule has 3 aliphatic carbocycles. The number of carbonyl (C=O) groups excluding carboxylic acids is 2. The summed E-state index contributed by atoms with van der Waals surface area (Å²) in [5.74, 6) is -0.219. The third-order valence-corrected chi connectivity index (χ3v) is 8.03. The zero-order valence-electron chi connectivity index (χ0n) is 20.2. The number of aliphatic hydroxyl groups is 1. The van der Waals surface area contributed by atoms with E-state index in [-0.39, 0.29) is 30.6 Å². The number of hydrogen-bond donors (Lipinski definition) is 1. The molecule has 1 saturated carbocycles. The number of cyclic esters (lactones) is 1. The number of carbonyl (C=O) groups is 2. The van der Waals surface area contributed by atoms with Crippen molar-refractivity contribution in [2.45, 2.75) is 65.4 Å². The van der Waals surface area contributed by atoms with Gasteiger partial charge in [-0.1, -0.05) is 49.8 Å². The van der Waals surface area contributed by atoms with Gasteiger partial charge in [0.25, 0.3) is 0 Å². The Labute approximate surface area is 196 Å². The van der Waals surface area contributed by atoms with Crippen LogP contribution in [0.3, 0.4) is 0 Å². The fourth-order valence-electron chi connectivity index (χ4n) is 5.48. The SMILES string of the molecule is C=CC12CC1C=CC1=CC(/C(C)=C/CC(=O)C3=C(C)C(O)(CC)C(=O)OC3)=C(CC)CC=C12. The minimum atomic E-state index is -1.71. The summed E-state index contributed by atoms with van der Waals surface area (Å²) >= 11 is 0. The summed E-state index contributed by atoms with van der Waals surface area (Å²) in [6, 6.07) is 0. The summed E-state index contributed by atoms with van der Waals surface area (Å²) < 4.78 is 5.13. The third-order valence-electron chi connectivity index (χ3n) is 8.03. The van der Waals surface area contributed by atoms with Gasteiger partial charge in [0.2, 0.25) is 0 Å². The molecule has 0 saturated heterocycles. The van der Waals surface area contributed by atoms with Crippen LogP contribution < -0.4 is 0 Å². The van der Waals surface area contributed by atoms with E-state index < -0.39 is 11.6 Å². The van der Waals surface area contributed by atoms with Gasteiger partial charge >= 0.3 is 5.97 Å². The molecule has 0 spiro atoms. The lowest BCUT2D eigenvalue weighted by Gasteiger charge is -2.31. The first-order chi connectivity index (χ1) is 15.7. The van der Waals surface area contributed by atoms with Crippen LogP contribution in [0.25, 0.3) is 0 Å². The zero-order chi connectivity index (χ0) is 24.0. The Kier molecular flexibility index (Phi) is 6.09. The minimum Gasteiger partial charge on any atom is -0.458 e. The van der Waals surface area contributed by atoms with Crippen LogP contribution in [-0.4, -0.2) is 29.1 Å². The average molecular weight is 447 g/mol. The van der Waals surface area contributed by atoms with Gasteiger partial charge in [0.05, 0.1) is 0 Å². The highest BCUT2D eigenvalue weighted by Gasteiger charge is 2.55. The molecule has 1 fully saturated rings. The third kappa shape index (κ3) is 3.74. The molecule has 3 atom stereocenters. The molecule has 0 amide bonds. The molecule has 0 bridgehead atoms. The lowest BCUT2D eigenvalue weighted by molar-refractivity contribution is -0.163. The lowest BCUT2D eigenvalue weighted by Crippen LogP contribution is -2.45. The molecular formula is C29H34O4. The van der Waals surface area contributed by atoms with Crippen molar-refractivity contribution >= 4 is 11.8 Å². The second kappa shape index (κ2) is 8.57. The number of ketones is 1. The molecule has 0 aromatic rings. The molecule has 1 aliphatic heterocycles. The van der Waals surface area contributed by atoms with Gasteiger partial charge in [-0.05, 0) is 79.4 Å². The second-order valence-electron chi connectivity index (χ2n) is 9.61. The number of rotatable bonds is 7. The van der Waals surface area contributed by atoms with Crippen molar-refractivity contribution in [2.24, 2.45) is 11.3 Å². The van der Waals surface area contributed by atoms with Crippen LogP contribution in [-0.2, 0) is 14.3 Å². The largest absolute Gasteiger partial charge is 0.458 e. The van der Waals surface area contributed by atoms with Crippen LogP contribution in [0, 0.1) is 11.3 Å². The molecule has 1 N–H and O–H groups in total. The quantitative estimate of drug-likeness (QED) is 0.407.